The van der Waals surface area contributed by atoms with Gasteiger partial charge < -0.3 is 4.74 Å². The molecule has 2 rings (SSSR count). The molecule has 0 radical (unpaired) electrons. The highest BCUT2D eigenvalue weighted by Crippen LogP contribution is 2.32. The van der Waals surface area contributed by atoms with Crippen LogP contribution in [0.2, 0.25) is 0 Å². The fraction of sp³-hybridized carbons (Fsp3) is 0.562. The molecule has 20 heavy (non-hydrogen) atoms. The number of nitrogens with one attached hydrogen (secondary N) is 1. The average Bonchev–Trinajstić information content (AvgIpc) is 3.26. The maximum Gasteiger partial charge on any atom is 0.330 e. The topological polar surface area (TPSA) is 38.3 Å². The van der Waals surface area contributed by atoms with Gasteiger partial charge in [0.15, 0.2) is 0 Å². The molecule has 4 heteroatoms. The quantitative estimate of drug-likeness (QED) is 0.771. The van der Waals surface area contributed by atoms with Crippen molar-refractivity contribution in [3.05, 3.63) is 34.3 Å². The van der Waals surface area contributed by atoms with Crippen LogP contribution in [0, 0.1) is 5.92 Å². The van der Waals surface area contributed by atoms with Gasteiger partial charge in [-0.1, -0.05) is 35.0 Å². The SMILES string of the molecule is CCOC(=O)C(CC)(NCC1CC1)c1ccc(Br)cc1. The first-order valence-electron chi connectivity index (χ1n) is 7.30. The zero-order chi connectivity index (χ0) is 14.6. The number of hydrogen-bond acceptors (Lipinski definition) is 3. The third-order valence-electron chi connectivity index (χ3n) is 3.88. The van der Waals surface area contributed by atoms with Crippen LogP contribution in [0.4, 0.5) is 0 Å². The van der Waals surface area contributed by atoms with E-state index < -0.39 is 5.54 Å². The number of esters is 1. The Morgan fingerprint density at radius 3 is 2.50 bits per heavy atom. The monoisotopic (exact) mass is 339 g/mol. The summed E-state index contributed by atoms with van der Waals surface area (Å²) in [6.07, 6.45) is 3.20. The summed E-state index contributed by atoms with van der Waals surface area (Å²) in [4.78, 5) is 12.5. The molecule has 3 nitrogen and oxygen atoms in total. The van der Waals surface area contributed by atoms with Gasteiger partial charge in [-0.05, 0) is 56.3 Å². The van der Waals surface area contributed by atoms with Crippen molar-refractivity contribution in [3.63, 3.8) is 0 Å². The summed E-state index contributed by atoms with van der Waals surface area (Å²) in [6.45, 7) is 5.16. The minimum absolute atomic E-state index is 0.175. The molecule has 1 fully saturated rings. The van der Waals surface area contributed by atoms with Crippen molar-refractivity contribution in [2.45, 2.75) is 38.6 Å². The zero-order valence-electron chi connectivity index (χ0n) is 12.1. The summed E-state index contributed by atoms with van der Waals surface area (Å²) in [6, 6.07) is 7.92. The van der Waals surface area contributed by atoms with Crippen molar-refractivity contribution >= 4 is 21.9 Å². The lowest BCUT2D eigenvalue weighted by molar-refractivity contribution is -0.152. The molecule has 1 N–H and O–H groups in total. The number of carbonyl (C=O) groups excluding carboxylic acids is 1. The van der Waals surface area contributed by atoms with Gasteiger partial charge >= 0.3 is 5.97 Å². The van der Waals surface area contributed by atoms with Crippen molar-refractivity contribution in [1.29, 1.82) is 0 Å². The Hall–Kier alpha value is -0.870. The lowest BCUT2D eigenvalue weighted by Crippen LogP contribution is -2.50. The van der Waals surface area contributed by atoms with E-state index in [1.165, 1.54) is 12.8 Å². The van der Waals surface area contributed by atoms with Gasteiger partial charge in [-0.25, -0.2) is 4.79 Å². The van der Waals surface area contributed by atoms with Crippen LogP contribution >= 0.6 is 15.9 Å². The molecule has 1 aliphatic rings. The Morgan fingerprint density at radius 1 is 1.35 bits per heavy atom. The van der Waals surface area contributed by atoms with Gasteiger partial charge in [0.05, 0.1) is 6.61 Å². The van der Waals surface area contributed by atoms with Crippen LogP contribution in [-0.2, 0) is 15.1 Å². The van der Waals surface area contributed by atoms with Crippen LogP contribution in [-0.4, -0.2) is 19.1 Å². The van der Waals surface area contributed by atoms with Gasteiger partial charge in [0.2, 0.25) is 0 Å². The molecular formula is C16H22BrNO2. The second kappa shape index (κ2) is 6.72. The van der Waals surface area contributed by atoms with Crippen LogP contribution in [0.5, 0.6) is 0 Å². The number of carbonyl (C=O) groups is 1. The highest BCUT2D eigenvalue weighted by Gasteiger charge is 2.41. The molecule has 1 aliphatic carbocycles. The minimum atomic E-state index is -0.723. The predicted molar refractivity (Wildman–Crippen MR) is 83.5 cm³/mol. The van der Waals surface area contributed by atoms with Crippen LogP contribution in [0.1, 0.15) is 38.7 Å². The average molecular weight is 340 g/mol. The number of hydrogen-bond donors (Lipinski definition) is 1. The standard InChI is InChI=1S/C16H22BrNO2/c1-3-16(15(19)20-4-2,18-11-12-5-6-12)13-7-9-14(17)10-8-13/h7-10,12,18H,3-6,11H2,1-2H3. The van der Waals surface area contributed by atoms with Crippen molar-refractivity contribution in [2.75, 3.05) is 13.2 Å². The second-order valence-electron chi connectivity index (χ2n) is 5.31. The smallest absolute Gasteiger partial charge is 0.330 e. The normalized spacial score (nSPS) is 17.6. The van der Waals surface area contributed by atoms with Gasteiger partial charge in [-0.15, -0.1) is 0 Å². The summed E-state index contributed by atoms with van der Waals surface area (Å²) >= 11 is 3.44. The summed E-state index contributed by atoms with van der Waals surface area (Å²) in [5.74, 6) is 0.538. The molecule has 1 aromatic rings. The summed E-state index contributed by atoms with van der Waals surface area (Å²) in [5.41, 5.74) is 0.251. The minimum Gasteiger partial charge on any atom is -0.464 e. The fourth-order valence-corrected chi connectivity index (χ4v) is 2.66. The largest absolute Gasteiger partial charge is 0.464 e. The lowest BCUT2D eigenvalue weighted by Gasteiger charge is -2.32. The first-order valence-corrected chi connectivity index (χ1v) is 8.10. The molecule has 0 aromatic heterocycles. The van der Waals surface area contributed by atoms with Crippen LogP contribution in [0.3, 0.4) is 0 Å². The van der Waals surface area contributed by atoms with E-state index in [0.29, 0.717) is 18.9 Å². The lowest BCUT2D eigenvalue weighted by atomic mass is 9.87. The third kappa shape index (κ3) is 3.41. The van der Waals surface area contributed by atoms with E-state index in [-0.39, 0.29) is 5.97 Å². The maximum atomic E-state index is 12.5. The van der Waals surface area contributed by atoms with Gasteiger partial charge in [0.25, 0.3) is 0 Å². The fourth-order valence-electron chi connectivity index (χ4n) is 2.39. The molecular weight excluding hydrogens is 318 g/mol. The van der Waals surface area contributed by atoms with E-state index in [4.69, 9.17) is 4.74 Å². The summed E-state index contributed by atoms with van der Waals surface area (Å²) in [5, 5.41) is 3.48. The van der Waals surface area contributed by atoms with Crippen molar-refractivity contribution < 1.29 is 9.53 Å². The van der Waals surface area contributed by atoms with E-state index in [2.05, 4.69) is 21.2 Å². The van der Waals surface area contributed by atoms with Crippen molar-refractivity contribution in [1.82, 2.24) is 5.32 Å². The molecule has 0 spiro atoms. The number of rotatable bonds is 7. The van der Waals surface area contributed by atoms with E-state index >= 15 is 0 Å². The highest BCUT2D eigenvalue weighted by atomic mass is 79.9. The Kier molecular flexibility index (Phi) is 5.22. The maximum absolute atomic E-state index is 12.5. The molecule has 1 saturated carbocycles. The molecule has 0 heterocycles. The summed E-state index contributed by atoms with van der Waals surface area (Å²) < 4.78 is 6.33. The van der Waals surface area contributed by atoms with E-state index in [9.17, 15) is 4.79 Å². The van der Waals surface area contributed by atoms with Crippen LogP contribution < -0.4 is 5.32 Å². The number of benzene rings is 1. The van der Waals surface area contributed by atoms with Gasteiger partial charge in [0.1, 0.15) is 5.54 Å². The van der Waals surface area contributed by atoms with E-state index in [1.807, 2.05) is 38.1 Å². The predicted octanol–water partition coefficient (Wildman–Crippen LogP) is 3.62. The Morgan fingerprint density at radius 2 is 2.00 bits per heavy atom. The molecule has 110 valence electrons. The van der Waals surface area contributed by atoms with Crippen molar-refractivity contribution in [2.24, 2.45) is 5.92 Å². The Labute approximate surface area is 129 Å². The van der Waals surface area contributed by atoms with Gasteiger partial charge in [-0.2, -0.15) is 0 Å². The van der Waals surface area contributed by atoms with E-state index in [0.717, 1.165) is 16.6 Å². The molecule has 1 unspecified atom stereocenters. The zero-order valence-corrected chi connectivity index (χ0v) is 13.7. The molecule has 1 atom stereocenters. The van der Waals surface area contributed by atoms with Gasteiger partial charge in [-0.3, -0.25) is 5.32 Å². The molecule has 0 bridgehead atoms. The van der Waals surface area contributed by atoms with Crippen LogP contribution in [0.15, 0.2) is 28.7 Å². The Balaban J connectivity index is 2.28. The first kappa shape index (κ1) is 15.5. The second-order valence-corrected chi connectivity index (χ2v) is 6.23. The van der Waals surface area contributed by atoms with Gasteiger partial charge in [0, 0.05) is 4.47 Å². The van der Waals surface area contributed by atoms with Crippen molar-refractivity contribution in [3.8, 4) is 0 Å². The Bertz CT molecular complexity index is 456. The summed E-state index contributed by atoms with van der Waals surface area (Å²) in [7, 11) is 0. The number of halogens is 1. The molecule has 0 aliphatic heterocycles. The molecule has 0 saturated heterocycles. The third-order valence-corrected chi connectivity index (χ3v) is 4.41. The molecule has 1 aromatic carbocycles. The highest BCUT2D eigenvalue weighted by molar-refractivity contribution is 9.10. The number of ether oxygens (including phenoxy) is 1. The first-order chi connectivity index (χ1) is 9.62. The van der Waals surface area contributed by atoms with Crippen LogP contribution in [0.25, 0.3) is 0 Å². The molecule has 0 amide bonds. The van der Waals surface area contributed by atoms with E-state index in [1.54, 1.807) is 0 Å².